The van der Waals surface area contributed by atoms with Gasteiger partial charge in [0.15, 0.2) is 5.11 Å². The van der Waals surface area contributed by atoms with Crippen LogP contribution in [0.25, 0.3) is 10.9 Å². The minimum Gasteiger partial charge on any atom is -0.395 e. The van der Waals surface area contributed by atoms with Gasteiger partial charge >= 0.3 is 0 Å². The lowest BCUT2D eigenvalue weighted by Crippen LogP contribution is -2.44. The number of aliphatic hydroxyl groups is 1. The fourth-order valence-corrected chi connectivity index (χ4v) is 3.67. The van der Waals surface area contributed by atoms with E-state index >= 15 is 0 Å². The van der Waals surface area contributed by atoms with Crippen molar-refractivity contribution in [3.63, 3.8) is 0 Å². The van der Waals surface area contributed by atoms with Crippen molar-refractivity contribution in [2.45, 2.75) is 39.3 Å². The number of nitrogens with zero attached hydrogens (tertiary/aromatic N) is 1. The van der Waals surface area contributed by atoms with Crippen LogP contribution >= 0.6 is 12.2 Å². The van der Waals surface area contributed by atoms with Crippen LogP contribution in [0.5, 0.6) is 0 Å². The summed E-state index contributed by atoms with van der Waals surface area (Å²) in [6, 6.07) is 6.00. The van der Waals surface area contributed by atoms with Crippen LogP contribution in [0.2, 0.25) is 0 Å². The lowest BCUT2D eigenvalue weighted by Gasteiger charge is -2.26. The monoisotopic (exact) mass is 389 g/mol. The molecule has 0 radical (unpaired) electrons. The molecule has 0 saturated carbocycles. The Morgan fingerprint density at radius 3 is 2.89 bits per heavy atom. The molecule has 2 heterocycles. The van der Waals surface area contributed by atoms with Gasteiger partial charge in [0.25, 0.3) is 5.56 Å². The highest BCUT2D eigenvalue weighted by atomic mass is 32.1. The van der Waals surface area contributed by atoms with Crippen LogP contribution in [-0.4, -0.2) is 52.5 Å². The lowest BCUT2D eigenvalue weighted by atomic mass is 10.0. The van der Waals surface area contributed by atoms with Crippen LogP contribution in [-0.2, 0) is 11.3 Å². The molecule has 1 saturated heterocycles. The van der Waals surface area contributed by atoms with Crippen molar-refractivity contribution in [2.75, 3.05) is 26.3 Å². The summed E-state index contributed by atoms with van der Waals surface area (Å²) in [5.74, 6) is 0. The van der Waals surface area contributed by atoms with Gasteiger partial charge < -0.3 is 25.0 Å². The van der Waals surface area contributed by atoms with Gasteiger partial charge in [-0.05, 0) is 56.1 Å². The van der Waals surface area contributed by atoms with Crippen molar-refractivity contribution >= 4 is 28.2 Å². The molecule has 1 atom stereocenters. The van der Waals surface area contributed by atoms with Crippen molar-refractivity contribution in [3.05, 3.63) is 45.2 Å². The van der Waals surface area contributed by atoms with E-state index in [2.05, 4.69) is 16.4 Å². The normalized spacial score (nSPS) is 16.6. The van der Waals surface area contributed by atoms with E-state index in [1.807, 2.05) is 30.9 Å². The molecule has 0 bridgehead atoms. The van der Waals surface area contributed by atoms with E-state index in [9.17, 15) is 9.90 Å². The molecule has 27 heavy (non-hydrogen) atoms. The minimum atomic E-state index is -0.124. The number of aryl methyl sites for hydroxylation is 2. The van der Waals surface area contributed by atoms with E-state index in [1.165, 1.54) is 0 Å². The van der Waals surface area contributed by atoms with E-state index in [0.29, 0.717) is 30.3 Å². The number of thiocarbonyl (C=S) groups is 1. The van der Waals surface area contributed by atoms with Gasteiger partial charge in [-0.3, -0.25) is 4.79 Å². The first kappa shape index (κ1) is 19.8. The summed E-state index contributed by atoms with van der Waals surface area (Å²) in [5, 5.41) is 14.2. The Hall–Kier alpha value is -1.96. The average Bonchev–Trinajstić information content (AvgIpc) is 3.17. The second kappa shape index (κ2) is 8.82. The van der Waals surface area contributed by atoms with Crippen LogP contribution < -0.4 is 10.9 Å². The van der Waals surface area contributed by atoms with Gasteiger partial charge in [0.05, 0.1) is 24.8 Å². The fourth-order valence-electron chi connectivity index (χ4n) is 3.43. The first-order valence-corrected chi connectivity index (χ1v) is 9.77. The number of aliphatic hydroxyl groups excluding tert-OH is 1. The van der Waals surface area contributed by atoms with Crippen molar-refractivity contribution in [3.8, 4) is 0 Å². The first-order chi connectivity index (χ1) is 13.0. The first-order valence-electron chi connectivity index (χ1n) is 9.37. The number of hydrogen-bond donors (Lipinski definition) is 3. The standard InChI is InChI=1S/C20H27N3O3S/c1-13-5-6-14(2)18-17(13)10-15(19(25)22-18)12-23(7-8-24)20(27)21-11-16-4-3-9-26-16/h5-6,10,16,24H,3-4,7-9,11-12H2,1-2H3,(H,21,27)(H,22,25)/t16-/m1/s1. The Morgan fingerprint density at radius 1 is 1.41 bits per heavy atom. The Balaban J connectivity index is 1.79. The SMILES string of the molecule is Cc1ccc(C)c2[nH]c(=O)c(CN(CCO)C(=S)NC[C@H]3CCCO3)cc12. The molecule has 1 aliphatic heterocycles. The van der Waals surface area contributed by atoms with Crippen molar-refractivity contribution in [1.82, 2.24) is 15.2 Å². The second-order valence-corrected chi connectivity index (χ2v) is 7.46. The molecular weight excluding hydrogens is 362 g/mol. The van der Waals surface area contributed by atoms with Gasteiger partial charge in [-0.25, -0.2) is 0 Å². The summed E-state index contributed by atoms with van der Waals surface area (Å²) in [4.78, 5) is 17.4. The number of hydrogen-bond acceptors (Lipinski definition) is 4. The molecule has 1 aliphatic rings. The smallest absolute Gasteiger partial charge is 0.253 e. The van der Waals surface area contributed by atoms with E-state index in [1.54, 1.807) is 0 Å². The highest BCUT2D eigenvalue weighted by Crippen LogP contribution is 2.20. The minimum absolute atomic E-state index is 0.0363. The number of ether oxygens (including phenoxy) is 1. The molecule has 1 aromatic carbocycles. The number of pyridine rings is 1. The molecule has 3 rings (SSSR count). The van der Waals surface area contributed by atoms with Crippen molar-refractivity contribution in [1.29, 1.82) is 0 Å². The fraction of sp³-hybridized carbons (Fsp3) is 0.500. The molecule has 7 heteroatoms. The molecule has 146 valence electrons. The average molecular weight is 390 g/mol. The molecule has 0 amide bonds. The summed E-state index contributed by atoms with van der Waals surface area (Å²) >= 11 is 5.50. The van der Waals surface area contributed by atoms with Crippen molar-refractivity contribution in [2.24, 2.45) is 0 Å². The highest BCUT2D eigenvalue weighted by Gasteiger charge is 2.18. The van der Waals surface area contributed by atoms with Gasteiger partial charge in [0.2, 0.25) is 0 Å². The maximum Gasteiger partial charge on any atom is 0.253 e. The maximum absolute atomic E-state index is 12.6. The number of rotatable bonds is 6. The molecule has 1 fully saturated rings. The number of fused-ring (bicyclic) bond motifs is 1. The molecule has 6 nitrogen and oxygen atoms in total. The van der Waals surface area contributed by atoms with Crippen molar-refractivity contribution < 1.29 is 9.84 Å². The Bertz CT molecular complexity index is 875. The summed E-state index contributed by atoms with van der Waals surface area (Å²) in [5.41, 5.74) is 3.53. The Morgan fingerprint density at radius 2 is 2.19 bits per heavy atom. The zero-order valence-electron chi connectivity index (χ0n) is 15.9. The predicted octanol–water partition coefficient (Wildman–Crippen LogP) is 1.99. The quantitative estimate of drug-likeness (QED) is 0.656. The van der Waals surface area contributed by atoms with Crippen LogP contribution in [0.4, 0.5) is 0 Å². The molecule has 3 N–H and O–H groups in total. The van der Waals surface area contributed by atoms with Gasteiger partial charge in [0, 0.05) is 30.6 Å². The van der Waals surface area contributed by atoms with E-state index in [-0.39, 0.29) is 18.3 Å². The maximum atomic E-state index is 12.6. The molecule has 0 unspecified atom stereocenters. The molecular formula is C20H27N3O3S. The number of aromatic amines is 1. The van der Waals surface area contributed by atoms with Crippen LogP contribution in [0.3, 0.4) is 0 Å². The number of aromatic nitrogens is 1. The van der Waals surface area contributed by atoms with E-state index in [0.717, 1.165) is 41.5 Å². The topological polar surface area (TPSA) is 77.6 Å². The zero-order chi connectivity index (χ0) is 19.4. The highest BCUT2D eigenvalue weighted by molar-refractivity contribution is 7.80. The molecule has 2 aromatic rings. The molecule has 0 spiro atoms. The van der Waals surface area contributed by atoms with E-state index in [4.69, 9.17) is 17.0 Å². The van der Waals surface area contributed by atoms with Gasteiger partial charge in [-0.2, -0.15) is 0 Å². The lowest BCUT2D eigenvalue weighted by molar-refractivity contribution is 0.113. The zero-order valence-corrected chi connectivity index (χ0v) is 16.7. The van der Waals surface area contributed by atoms with Crippen LogP contribution in [0.1, 0.15) is 29.5 Å². The third kappa shape index (κ3) is 4.66. The number of H-pyrrole nitrogens is 1. The summed E-state index contributed by atoms with van der Waals surface area (Å²) < 4.78 is 5.61. The molecule has 1 aromatic heterocycles. The largest absolute Gasteiger partial charge is 0.395 e. The van der Waals surface area contributed by atoms with Crippen LogP contribution in [0, 0.1) is 13.8 Å². The summed E-state index contributed by atoms with van der Waals surface area (Å²) in [6.45, 7) is 6.13. The summed E-state index contributed by atoms with van der Waals surface area (Å²) in [6.07, 6.45) is 2.28. The van der Waals surface area contributed by atoms with Gasteiger partial charge in [-0.15, -0.1) is 0 Å². The van der Waals surface area contributed by atoms with Gasteiger partial charge in [0.1, 0.15) is 0 Å². The third-order valence-corrected chi connectivity index (χ3v) is 5.45. The van der Waals surface area contributed by atoms with E-state index < -0.39 is 0 Å². The van der Waals surface area contributed by atoms with Crippen LogP contribution in [0.15, 0.2) is 23.0 Å². The molecule has 0 aliphatic carbocycles. The predicted molar refractivity (Wildman–Crippen MR) is 111 cm³/mol. The second-order valence-electron chi connectivity index (χ2n) is 7.08. The Labute approximate surface area is 164 Å². The third-order valence-electron chi connectivity index (χ3n) is 5.04. The number of nitrogens with one attached hydrogen (secondary N) is 2. The van der Waals surface area contributed by atoms with Gasteiger partial charge in [-0.1, -0.05) is 12.1 Å². The summed E-state index contributed by atoms with van der Waals surface area (Å²) in [7, 11) is 0. The number of benzene rings is 1. The Kier molecular flexibility index (Phi) is 6.46.